The number of hydrogen-bond donors (Lipinski definition) is 1. The third kappa shape index (κ3) is 6.10. The molecule has 0 aliphatic carbocycles. The van der Waals surface area contributed by atoms with E-state index in [0.717, 1.165) is 28.6 Å². The molecular formula is C26H28F4N4O3. The number of amides is 2. The highest BCUT2D eigenvalue weighted by Crippen LogP contribution is 2.31. The SMILES string of the molecule is COCCNC(=O)c1cc2cn(CC3CCN(C(=O)c4ccc(C(F)(F)F)cc4F)CC3)nc2cc1C. The number of piperidine rings is 1. The molecule has 4 rings (SSSR count). The average Bonchev–Trinajstić information content (AvgIpc) is 3.24. The molecule has 2 heterocycles. The topological polar surface area (TPSA) is 76.5 Å². The van der Waals surface area contributed by atoms with Crippen LogP contribution in [0.4, 0.5) is 17.6 Å². The van der Waals surface area contributed by atoms with Crippen molar-refractivity contribution in [2.45, 2.75) is 32.5 Å². The van der Waals surface area contributed by atoms with Gasteiger partial charge in [0.2, 0.25) is 0 Å². The number of hydrogen-bond acceptors (Lipinski definition) is 4. The molecule has 1 saturated heterocycles. The fraction of sp³-hybridized carbons (Fsp3) is 0.423. The zero-order valence-corrected chi connectivity index (χ0v) is 20.6. The Morgan fingerprint density at radius 3 is 2.51 bits per heavy atom. The van der Waals surface area contributed by atoms with E-state index in [0.29, 0.717) is 57.3 Å². The number of likely N-dealkylation sites (tertiary alicyclic amines) is 1. The Morgan fingerprint density at radius 1 is 1.14 bits per heavy atom. The third-order valence-corrected chi connectivity index (χ3v) is 6.61. The molecule has 1 aliphatic rings. The van der Waals surface area contributed by atoms with Gasteiger partial charge < -0.3 is 15.0 Å². The number of nitrogens with zero attached hydrogens (tertiary/aromatic N) is 3. The Balaban J connectivity index is 1.37. The second kappa shape index (κ2) is 10.9. The summed E-state index contributed by atoms with van der Waals surface area (Å²) in [4.78, 5) is 26.7. The maximum absolute atomic E-state index is 14.2. The van der Waals surface area contributed by atoms with Gasteiger partial charge in [-0.1, -0.05) is 0 Å². The van der Waals surface area contributed by atoms with Crippen molar-refractivity contribution in [2.24, 2.45) is 5.92 Å². The van der Waals surface area contributed by atoms with Gasteiger partial charge in [0.25, 0.3) is 11.8 Å². The van der Waals surface area contributed by atoms with Crippen LogP contribution in [0.25, 0.3) is 10.9 Å². The quantitative estimate of drug-likeness (QED) is 0.370. The average molecular weight is 521 g/mol. The highest BCUT2D eigenvalue weighted by atomic mass is 19.4. The summed E-state index contributed by atoms with van der Waals surface area (Å²) < 4.78 is 59.4. The molecule has 0 radical (unpaired) electrons. The summed E-state index contributed by atoms with van der Waals surface area (Å²) in [5, 5.41) is 8.29. The van der Waals surface area contributed by atoms with Crippen molar-refractivity contribution in [3.63, 3.8) is 0 Å². The number of fused-ring (bicyclic) bond motifs is 1. The van der Waals surface area contributed by atoms with Gasteiger partial charge in [-0.3, -0.25) is 14.3 Å². The molecule has 7 nitrogen and oxygen atoms in total. The fourth-order valence-electron chi connectivity index (χ4n) is 4.55. The van der Waals surface area contributed by atoms with Crippen molar-refractivity contribution in [3.8, 4) is 0 Å². The molecule has 11 heteroatoms. The Hall–Kier alpha value is -3.47. The number of alkyl halides is 3. The van der Waals surface area contributed by atoms with E-state index in [2.05, 4.69) is 10.4 Å². The lowest BCUT2D eigenvalue weighted by molar-refractivity contribution is -0.137. The first-order chi connectivity index (χ1) is 17.6. The van der Waals surface area contributed by atoms with Crippen LogP contribution in [0.2, 0.25) is 0 Å². The lowest BCUT2D eigenvalue weighted by Crippen LogP contribution is -2.39. The van der Waals surface area contributed by atoms with Crippen LogP contribution >= 0.6 is 0 Å². The Bertz CT molecular complexity index is 1300. The first-order valence-electron chi connectivity index (χ1n) is 12.0. The van der Waals surface area contributed by atoms with Crippen molar-refractivity contribution >= 4 is 22.7 Å². The maximum atomic E-state index is 14.2. The van der Waals surface area contributed by atoms with Gasteiger partial charge >= 0.3 is 6.18 Å². The Labute approximate surface area is 211 Å². The van der Waals surface area contributed by atoms with Crippen LogP contribution < -0.4 is 5.32 Å². The standard InChI is InChI=1S/C26H28F4N4O3/c1-16-11-23-18(12-21(16)24(35)31-7-10-37-2)15-34(32-23)14-17-5-8-33(9-6-17)25(36)20-4-3-19(13-22(20)27)26(28,29)30/h3-4,11-13,15,17H,5-10,14H2,1-2H3,(H,31,35). The zero-order chi connectivity index (χ0) is 26.7. The molecule has 3 aromatic rings. The van der Waals surface area contributed by atoms with Crippen LogP contribution in [0.1, 0.15) is 44.7 Å². The lowest BCUT2D eigenvalue weighted by Gasteiger charge is -2.32. The molecule has 1 fully saturated rings. The number of benzene rings is 2. The highest BCUT2D eigenvalue weighted by molar-refractivity contribution is 5.99. The molecule has 1 aliphatic heterocycles. The highest BCUT2D eigenvalue weighted by Gasteiger charge is 2.32. The molecule has 0 saturated carbocycles. The van der Waals surface area contributed by atoms with E-state index < -0.39 is 23.5 Å². The lowest BCUT2D eigenvalue weighted by atomic mass is 9.96. The molecule has 2 amide bonds. The summed E-state index contributed by atoms with van der Waals surface area (Å²) in [7, 11) is 1.57. The fourth-order valence-corrected chi connectivity index (χ4v) is 4.55. The van der Waals surface area contributed by atoms with Crippen molar-refractivity contribution in [1.82, 2.24) is 20.0 Å². The number of carbonyl (C=O) groups is 2. The van der Waals surface area contributed by atoms with Gasteiger partial charge in [-0.05, 0) is 61.6 Å². The van der Waals surface area contributed by atoms with E-state index in [9.17, 15) is 27.2 Å². The molecule has 198 valence electrons. The molecule has 2 aromatic carbocycles. The van der Waals surface area contributed by atoms with Gasteiger partial charge in [0.15, 0.2) is 0 Å². The molecule has 0 spiro atoms. The largest absolute Gasteiger partial charge is 0.416 e. The monoisotopic (exact) mass is 520 g/mol. The summed E-state index contributed by atoms with van der Waals surface area (Å²) in [5.74, 6) is -1.74. The number of methoxy groups -OCH3 is 1. The van der Waals surface area contributed by atoms with E-state index in [1.54, 1.807) is 7.11 Å². The first kappa shape index (κ1) is 26.6. The Kier molecular flexibility index (Phi) is 7.82. The first-order valence-corrected chi connectivity index (χ1v) is 12.0. The predicted molar refractivity (Wildman–Crippen MR) is 129 cm³/mol. The van der Waals surface area contributed by atoms with Crippen molar-refractivity contribution in [2.75, 3.05) is 33.4 Å². The molecule has 0 atom stereocenters. The minimum atomic E-state index is -4.67. The predicted octanol–water partition coefficient (Wildman–Crippen LogP) is 4.43. The van der Waals surface area contributed by atoms with Gasteiger partial charge in [-0.15, -0.1) is 0 Å². The van der Waals surface area contributed by atoms with E-state index in [1.165, 1.54) is 4.90 Å². The second-order valence-electron chi connectivity index (χ2n) is 9.25. The number of carbonyl (C=O) groups excluding carboxylic acids is 2. The molecule has 0 bridgehead atoms. The minimum Gasteiger partial charge on any atom is -0.383 e. The normalized spacial score (nSPS) is 14.8. The van der Waals surface area contributed by atoms with Gasteiger partial charge in [0.1, 0.15) is 5.82 Å². The molecular weight excluding hydrogens is 492 g/mol. The molecule has 1 N–H and O–H groups in total. The van der Waals surface area contributed by atoms with Crippen molar-refractivity contribution in [3.05, 3.63) is 64.6 Å². The number of nitrogens with one attached hydrogen (secondary N) is 1. The van der Waals surface area contributed by atoms with E-state index >= 15 is 0 Å². The summed E-state index contributed by atoms with van der Waals surface area (Å²) in [5.41, 5.74) is 0.680. The number of aromatic nitrogens is 2. The third-order valence-electron chi connectivity index (χ3n) is 6.61. The Morgan fingerprint density at radius 2 is 1.86 bits per heavy atom. The maximum Gasteiger partial charge on any atom is 0.416 e. The van der Waals surface area contributed by atoms with Crippen LogP contribution in [0, 0.1) is 18.7 Å². The minimum absolute atomic E-state index is 0.175. The second-order valence-corrected chi connectivity index (χ2v) is 9.25. The van der Waals surface area contributed by atoms with Crippen molar-refractivity contribution < 1.29 is 31.9 Å². The van der Waals surface area contributed by atoms with Crippen LogP contribution in [0.3, 0.4) is 0 Å². The smallest absolute Gasteiger partial charge is 0.383 e. The summed E-state index contributed by atoms with van der Waals surface area (Å²) in [6, 6.07) is 5.67. The number of rotatable bonds is 7. The molecule has 37 heavy (non-hydrogen) atoms. The molecule has 1 aromatic heterocycles. The van der Waals surface area contributed by atoms with E-state index in [4.69, 9.17) is 4.74 Å². The van der Waals surface area contributed by atoms with E-state index in [1.807, 2.05) is 29.9 Å². The summed E-state index contributed by atoms with van der Waals surface area (Å²) in [6.07, 6.45) is -1.49. The van der Waals surface area contributed by atoms with Gasteiger partial charge in [0, 0.05) is 50.4 Å². The van der Waals surface area contributed by atoms with Gasteiger partial charge in [-0.25, -0.2) is 4.39 Å². The van der Waals surface area contributed by atoms with Crippen molar-refractivity contribution in [1.29, 1.82) is 0 Å². The van der Waals surface area contributed by atoms with Crippen LogP contribution in [0.5, 0.6) is 0 Å². The summed E-state index contributed by atoms with van der Waals surface area (Å²) >= 11 is 0. The number of aryl methyl sites for hydroxylation is 1. The van der Waals surface area contributed by atoms with Crippen LogP contribution in [-0.4, -0.2) is 59.8 Å². The van der Waals surface area contributed by atoms with Gasteiger partial charge in [-0.2, -0.15) is 18.3 Å². The van der Waals surface area contributed by atoms with Gasteiger partial charge in [0.05, 0.1) is 23.3 Å². The molecule has 0 unspecified atom stereocenters. The van der Waals surface area contributed by atoms with Crippen LogP contribution in [-0.2, 0) is 17.5 Å². The van der Waals surface area contributed by atoms with Crippen LogP contribution in [0.15, 0.2) is 36.5 Å². The van der Waals surface area contributed by atoms with E-state index in [-0.39, 0.29) is 17.4 Å². The summed E-state index contributed by atoms with van der Waals surface area (Å²) in [6.45, 7) is 4.05. The number of ether oxygens (including phenoxy) is 1. The zero-order valence-electron chi connectivity index (χ0n) is 20.6. The number of halogens is 4.